The number of aromatic nitrogens is 1. The van der Waals surface area contributed by atoms with Gasteiger partial charge in [-0.25, -0.2) is 13.6 Å². The lowest BCUT2D eigenvalue weighted by Gasteiger charge is -2.11. The van der Waals surface area contributed by atoms with Gasteiger partial charge < -0.3 is 4.74 Å². The molecule has 3 aromatic rings. The van der Waals surface area contributed by atoms with E-state index < -0.39 is 27.7 Å². The molecule has 0 aliphatic rings. The number of halogens is 3. The van der Waals surface area contributed by atoms with Gasteiger partial charge in [0.1, 0.15) is 5.75 Å². The Kier molecular flexibility index (Phi) is 5.01. The van der Waals surface area contributed by atoms with E-state index in [9.17, 15) is 26.4 Å². The molecule has 0 fully saturated rings. The van der Waals surface area contributed by atoms with E-state index in [4.69, 9.17) is 5.14 Å². The van der Waals surface area contributed by atoms with Gasteiger partial charge in [0.2, 0.25) is 10.0 Å². The van der Waals surface area contributed by atoms with E-state index in [0.29, 0.717) is 16.8 Å². The zero-order valence-electron chi connectivity index (χ0n) is 14.1. The van der Waals surface area contributed by atoms with Crippen molar-refractivity contribution < 1.29 is 26.3 Å². The Morgan fingerprint density at radius 2 is 1.43 bits per heavy atom. The third-order valence-corrected chi connectivity index (χ3v) is 4.70. The van der Waals surface area contributed by atoms with E-state index in [-0.39, 0.29) is 4.90 Å². The molecule has 0 spiro atoms. The zero-order valence-corrected chi connectivity index (χ0v) is 14.9. The highest BCUT2D eigenvalue weighted by Crippen LogP contribution is 2.24. The van der Waals surface area contributed by atoms with E-state index in [1.165, 1.54) is 53.2 Å². The van der Waals surface area contributed by atoms with Crippen LogP contribution >= 0.6 is 0 Å². The fourth-order valence-electron chi connectivity index (χ4n) is 2.51. The summed E-state index contributed by atoms with van der Waals surface area (Å²) < 4.78 is 64.5. The number of hydrogen-bond acceptors (Lipinski definition) is 4. The number of primary sulfonamides is 1. The molecule has 1 heterocycles. The van der Waals surface area contributed by atoms with Crippen molar-refractivity contribution in [3.8, 4) is 22.6 Å². The van der Waals surface area contributed by atoms with Crippen LogP contribution in [0, 0.1) is 0 Å². The van der Waals surface area contributed by atoms with Crippen molar-refractivity contribution in [2.24, 2.45) is 5.14 Å². The predicted molar refractivity (Wildman–Crippen MR) is 95.5 cm³/mol. The third kappa shape index (κ3) is 4.59. The molecule has 0 atom stereocenters. The molecule has 0 saturated carbocycles. The van der Waals surface area contributed by atoms with E-state index in [0.717, 1.165) is 12.1 Å². The second-order valence-electron chi connectivity index (χ2n) is 5.74. The molecule has 0 unspecified atom stereocenters. The van der Waals surface area contributed by atoms with E-state index >= 15 is 0 Å². The van der Waals surface area contributed by atoms with Crippen molar-refractivity contribution in [3.63, 3.8) is 0 Å². The van der Waals surface area contributed by atoms with Gasteiger partial charge in [0.25, 0.3) is 5.56 Å². The Morgan fingerprint density at radius 1 is 0.857 bits per heavy atom. The minimum Gasteiger partial charge on any atom is -0.406 e. The van der Waals surface area contributed by atoms with Gasteiger partial charge >= 0.3 is 6.36 Å². The van der Waals surface area contributed by atoms with Gasteiger partial charge in [-0.05, 0) is 53.6 Å². The van der Waals surface area contributed by atoms with Crippen LogP contribution in [0.1, 0.15) is 0 Å². The van der Waals surface area contributed by atoms with Crippen LogP contribution < -0.4 is 15.4 Å². The summed E-state index contributed by atoms with van der Waals surface area (Å²) in [5.74, 6) is -0.404. The molecule has 0 aliphatic carbocycles. The number of nitrogens with two attached hydrogens (primary N) is 1. The highest BCUT2D eigenvalue weighted by atomic mass is 32.2. The SMILES string of the molecule is NS(=O)(=O)c1ccc(-c2ccc(=O)n(-c3ccc(OC(F)(F)F)cc3)c2)cc1. The highest BCUT2D eigenvalue weighted by Gasteiger charge is 2.30. The second kappa shape index (κ2) is 7.13. The summed E-state index contributed by atoms with van der Waals surface area (Å²) in [6.45, 7) is 0. The molecule has 2 aromatic carbocycles. The molecule has 10 heteroatoms. The fraction of sp³-hybridized carbons (Fsp3) is 0.0556. The molecular formula is C18H13F3N2O4S. The lowest BCUT2D eigenvalue weighted by Crippen LogP contribution is -2.18. The Bertz CT molecular complexity index is 1150. The summed E-state index contributed by atoms with van der Waals surface area (Å²) in [6, 6.07) is 13.4. The quantitative estimate of drug-likeness (QED) is 0.716. The molecule has 6 nitrogen and oxygen atoms in total. The fourth-order valence-corrected chi connectivity index (χ4v) is 3.02. The third-order valence-electron chi connectivity index (χ3n) is 3.78. The number of ether oxygens (including phenoxy) is 1. The first-order chi connectivity index (χ1) is 13.0. The average Bonchev–Trinajstić information content (AvgIpc) is 2.61. The van der Waals surface area contributed by atoms with Crippen LogP contribution in [0.15, 0.2) is 76.6 Å². The van der Waals surface area contributed by atoms with E-state index in [2.05, 4.69) is 4.74 Å². The minimum absolute atomic E-state index is 0.0511. The smallest absolute Gasteiger partial charge is 0.406 e. The lowest BCUT2D eigenvalue weighted by molar-refractivity contribution is -0.274. The van der Waals surface area contributed by atoms with Crippen molar-refractivity contribution in [1.29, 1.82) is 0 Å². The number of rotatable bonds is 4. The second-order valence-corrected chi connectivity index (χ2v) is 7.30. The molecule has 2 N–H and O–H groups in total. The van der Waals surface area contributed by atoms with Gasteiger partial charge in [0.05, 0.1) is 4.90 Å². The summed E-state index contributed by atoms with van der Waals surface area (Å²) in [6.07, 6.45) is -3.31. The van der Waals surface area contributed by atoms with Gasteiger partial charge in [-0.15, -0.1) is 13.2 Å². The normalized spacial score (nSPS) is 12.0. The first-order valence-electron chi connectivity index (χ1n) is 7.75. The van der Waals surface area contributed by atoms with Crippen molar-refractivity contribution in [2.45, 2.75) is 11.3 Å². The Morgan fingerprint density at radius 3 is 1.96 bits per heavy atom. The number of benzene rings is 2. The molecule has 0 aliphatic heterocycles. The largest absolute Gasteiger partial charge is 0.573 e. The Labute approximate surface area is 157 Å². The van der Waals surface area contributed by atoms with Crippen LogP contribution in [0.25, 0.3) is 16.8 Å². The molecule has 3 rings (SSSR count). The molecule has 1 aromatic heterocycles. The number of alkyl halides is 3. The maximum Gasteiger partial charge on any atom is 0.573 e. The van der Waals surface area contributed by atoms with Gasteiger partial charge in [0.15, 0.2) is 0 Å². The first-order valence-corrected chi connectivity index (χ1v) is 9.30. The molecular weight excluding hydrogens is 397 g/mol. The van der Waals surface area contributed by atoms with Crippen LogP contribution in [-0.4, -0.2) is 19.3 Å². The van der Waals surface area contributed by atoms with Crippen molar-refractivity contribution in [3.05, 3.63) is 77.2 Å². The topological polar surface area (TPSA) is 91.4 Å². The maximum atomic E-state index is 12.2. The number of pyridine rings is 1. The van der Waals surface area contributed by atoms with Crippen molar-refractivity contribution in [1.82, 2.24) is 4.57 Å². The summed E-state index contributed by atoms with van der Waals surface area (Å²) in [7, 11) is -3.82. The van der Waals surface area contributed by atoms with Crippen molar-refractivity contribution >= 4 is 10.0 Å². The van der Waals surface area contributed by atoms with Crippen LogP contribution in [0.5, 0.6) is 5.75 Å². The number of hydrogen-bond donors (Lipinski definition) is 1. The minimum atomic E-state index is -4.80. The molecule has 0 radical (unpaired) electrons. The van der Waals surface area contributed by atoms with E-state index in [1.807, 2.05) is 0 Å². The summed E-state index contributed by atoms with van der Waals surface area (Å²) in [5.41, 5.74) is 1.16. The number of nitrogens with zero attached hydrogens (tertiary/aromatic N) is 1. The lowest BCUT2D eigenvalue weighted by atomic mass is 10.1. The standard InChI is InChI=1S/C18H13F3N2O4S/c19-18(20,21)27-15-6-4-14(5-7-15)23-11-13(3-10-17(23)24)12-1-8-16(9-2-12)28(22,25)26/h1-11H,(H2,22,25,26). The molecule has 146 valence electrons. The van der Waals surface area contributed by atoms with Gasteiger partial charge in [-0.2, -0.15) is 0 Å². The monoisotopic (exact) mass is 410 g/mol. The Balaban J connectivity index is 1.95. The van der Waals surface area contributed by atoms with Gasteiger partial charge in [0, 0.05) is 18.0 Å². The maximum absolute atomic E-state index is 12.2. The molecule has 0 amide bonds. The molecule has 28 heavy (non-hydrogen) atoms. The van der Waals surface area contributed by atoms with E-state index in [1.54, 1.807) is 6.07 Å². The zero-order chi connectivity index (χ0) is 20.5. The van der Waals surface area contributed by atoms with Crippen molar-refractivity contribution in [2.75, 3.05) is 0 Å². The van der Waals surface area contributed by atoms with Crippen LogP contribution in [-0.2, 0) is 10.0 Å². The van der Waals surface area contributed by atoms with Crippen LogP contribution in [0.3, 0.4) is 0 Å². The predicted octanol–water partition coefficient (Wildman–Crippen LogP) is 3.05. The Hall–Kier alpha value is -3.11. The first kappa shape index (κ1) is 19.6. The summed E-state index contributed by atoms with van der Waals surface area (Å²) in [5, 5.41) is 5.06. The van der Waals surface area contributed by atoms with Crippen LogP contribution in [0.2, 0.25) is 0 Å². The van der Waals surface area contributed by atoms with Gasteiger partial charge in [-0.3, -0.25) is 9.36 Å². The molecule has 0 saturated heterocycles. The number of sulfonamides is 1. The average molecular weight is 410 g/mol. The summed E-state index contributed by atoms with van der Waals surface area (Å²) >= 11 is 0. The highest BCUT2D eigenvalue weighted by molar-refractivity contribution is 7.89. The van der Waals surface area contributed by atoms with Gasteiger partial charge in [-0.1, -0.05) is 12.1 Å². The summed E-state index contributed by atoms with van der Waals surface area (Å²) in [4.78, 5) is 12.1. The van der Waals surface area contributed by atoms with Crippen LogP contribution in [0.4, 0.5) is 13.2 Å². The molecule has 0 bridgehead atoms.